The SMILES string of the molecule is Ic1ccc(N2CCCCN2Cc2cccc3nonc23)c2ccccc12. The number of halogens is 1. The van der Waals surface area contributed by atoms with Gasteiger partial charge in [-0.15, -0.1) is 0 Å². The van der Waals surface area contributed by atoms with Crippen molar-refractivity contribution in [2.75, 3.05) is 18.1 Å². The highest BCUT2D eigenvalue weighted by molar-refractivity contribution is 14.1. The van der Waals surface area contributed by atoms with Crippen LogP contribution in [-0.4, -0.2) is 28.4 Å². The summed E-state index contributed by atoms with van der Waals surface area (Å²) in [6.45, 7) is 2.85. The molecule has 27 heavy (non-hydrogen) atoms. The number of nitrogens with zero attached hydrogens (tertiary/aromatic N) is 4. The van der Waals surface area contributed by atoms with Crippen molar-refractivity contribution in [1.29, 1.82) is 0 Å². The minimum Gasteiger partial charge on any atom is -0.305 e. The van der Waals surface area contributed by atoms with Gasteiger partial charge in [-0.25, -0.2) is 9.64 Å². The number of benzene rings is 3. The van der Waals surface area contributed by atoms with E-state index in [1.165, 1.54) is 32.9 Å². The average molecular weight is 470 g/mol. The molecule has 1 aliphatic heterocycles. The fourth-order valence-electron chi connectivity index (χ4n) is 3.91. The van der Waals surface area contributed by atoms with Gasteiger partial charge in [0, 0.05) is 28.6 Å². The van der Waals surface area contributed by atoms with Crippen LogP contribution < -0.4 is 5.01 Å². The van der Waals surface area contributed by atoms with Crippen LogP contribution in [0.2, 0.25) is 0 Å². The predicted octanol–water partition coefficient (Wildman–Crippen LogP) is 5.00. The molecule has 0 atom stereocenters. The molecule has 0 radical (unpaired) electrons. The van der Waals surface area contributed by atoms with Gasteiger partial charge in [0.15, 0.2) is 0 Å². The molecule has 4 aromatic rings. The van der Waals surface area contributed by atoms with E-state index in [0.717, 1.165) is 36.2 Å². The van der Waals surface area contributed by atoms with E-state index in [1.807, 2.05) is 12.1 Å². The predicted molar refractivity (Wildman–Crippen MR) is 115 cm³/mol. The van der Waals surface area contributed by atoms with Crippen LogP contribution in [-0.2, 0) is 6.54 Å². The van der Waals surface area contributed by atoms with Crippen molar-refractivity contribution < 1.29 is 4.63 Å². The Labute approximate surface area is 171 Å². The Morgan fingerprint density at radius 1 is 0.889 bits per heavy atom. The average Bonchev–Trinajstić information content (AvgIpc) is 3.19. The smallest absolute Gasteiger partial charge is 0.139 e. The van der Waals surface area contributed by atoms with Crippen molar-refractivity contribution in [3.63, 3.8) is 0 Å². The molecule has 0 saturated carbocycles. The zero-order chi connectivity index (χ0) is 18.2. The molecule has 5 nitrogen and oxygen atoms in total. The second kappa shape index (κ2) is 7.09. The van der Waals surface area contributed by atoms with Gasteiger partial charge >= 0.3 is 0 Å². The van der Waals surface area contributed by atoms with Crippen LogP contribution in [0.1, 0.15) is 18.4 Å². The minimum absolute atomic E-state index is 0.797. The van der Waals surface area contributed by atoms with Gasteiger partial charge in [-0.1, -0.05) is 36.4 Å². The number of aromatic nitrogens is 2. The van der Waals surface area contributed by atoms with E-state index in [9.17, 15) is 0 Å². The largest absolute Gasteiger partial charge is 0.305 e. The van der Waals surface area contributed by atoms with Crippen molar-refractivity contribution >= 4 is 50.1 Å². The molecule has 1 saturated heterocycles. The number of anilines is 1. The van der Waals surface area contributed by atoms with Crippen molar-refractivity contribution in [2.24, 2.45) is 0 Å². The summed E-state index contributed by atoms with van der Waals surface area (Å²) in [5.74, 6) is 0. The number of fused-ring (bicyclic) bond motifs is 2. The van der Waals surface area contributed by atoms with Crippen LogP contribution in [0.3, 0.4) is 0 Å². The van der Waals surface area contributed by atoms with E-state index in [1.54, 1.807) is 0 Å². The lowest BCUT2D eigenvalue weighted by molar-refractivity contribution is 0.205. The third-order valence-electron chi connectivity index (χ3n) is 5.23. The van der Waals surface area contributed by atoms with Crippen molar-refractivity contribution in [1.82, 2.24) is 15.3 Å². The minimum atomic E-state index is 0.797. The zero-order valence-corrected chi connectivity index (χ0v) is 17.0. The maximum Gasteiger partial charge on any atom is 0.139 e. The molecule has 5 rings (SSSR count). The molecule has 0 amide bonds. The van der Waals surface area contributed by atoms with Crippen molar-refractivity contribution in [2.45, 2.75) is 19.4 Å². The topological polar surface area (TPSA) is 45.4 Å². The second-order valence-electron chi connectivity index (χ2n) is 6.88. The molecule has 136 valence electrons. The van der Waals surface area contributed by atoms with Crippen LogP contribution in [0.4, 0.5) is 5.69 Å². The van der Waals surface area contributed by atoms with E-state index in [-0.39, 0.29) is 0 Å². The first-order valence-electron chi connectivity index (χ1n) is 9.21. The Hall–Kier alpha value is -2.19. The summed E-state index contributed by atoms with van der Waals surface area (Å²) in [5.41, 5.74) is 4.10. The lowest BCUT2D eigenvalue weighted by Crippen LogP contribution is -2.47. The first-order chi connectivity index (χ1) is 13.3. The van der Waals surface area contributed by atoms with Gasteiger partial charge in [0.2, 0.25) is 0 Å². The highest BCUT2D eigenvalue weighted by Gasteiger charge is 2.23. The molecule has 1 aromatic heterocycles. The highest BCUT2D eigenvalue weighted by atomic mass is 127. The summed E-state index contributed by atoms with van der Waals surface area (Å²) in [7, 11) is 0. The van der Waals surface area contributed by atoms with E-state index in [2.05, 4.69) is 85.4 Å². The van der Waals surface area contributed by atoms with Gasteiger partial charge in [0.25, 0.3) is 0 Å². The van der Waals surface area contributed by atoms with E-state index < -0.39 is 0 Å². The van der Waals surface area contributed by atoms with Crippen LogP contribution in [0, 0.1) is 3.57 Å². The Balaban J connectivity index is 1.55. The molecule has 3 aromatic carbocycles. The summed E-state index contributed by atoms with van der Waals surface area (Å²) in [6, 6.07) is 19.2. The maximum absolute atomic E-state index is 4.94. The van der Waals surface area contributed by atoms with Crippen LogP contribution in [0.5, 0.6) is 0 Å². The Morgan fingerprint density at radius 3 is 2.67 bits per heavy atom. The lowest BCUT2D eigenvalue weighted by Gasteiger charge is -2.41. The lowest BCUT2D eigenvalue weighted by atomic mass is 10.1. The maximum atomic E-state index is 4.94. The normalized spacial score (nSPS) is 15.7. The molecular weight excluding hydrogens is 451 g/mol. The number of hydrogen-bond acceptors (Lipinski definition) is 5. The van der Waals surface area contributed by atoms with Crippen molar-refractivity contribution in [3.05, 3.63) is 63.7 Å². The fourth-order valence-corrected chi connectivity index (χ4v) is 4.56. The monoisotopic (exact) mass is 470 g/mol. The van der Waals surface area contributed by atoms with Crippen molar-refractivity contribution in [3.8, 4) is 0 Å². The van der Waals surface area contributed by atoms with E-state index in [4.69, 9.17) is 4.63 Å². The van der Waals surface area contributed by atoms with Gasteiger partial charge < -0.3 is 5.01 Å². The first-order valence-corrected chi connectivity index (χ1v) is 10.3. The van der Waals surface area contributed by atoms with Gasteiger partial charge in [0.1, 0.15) is 11.0 Å². The summed E-state index contributed by atoms with van der Waals surface area (Å²) in [4.78, 5) is 0. The molecule has 0 bridgehead atoms. The Kier molecular flexibility index (Phi) is 4.45. The number of rotatable bonds is 3. The first kappa shape index (κ1) is 16.9. The summed E-state index contributed by atoms with van der Waals surface area (Å²) in [6.07, 6.45) is 2.40. The van der Waals surface area contributed by atoms with Gasteiger partial charge in [-0.05, 0) is 74.9 Å². The molecule has 0 aliphatic carbocycles. The molecule has 1 aliphatic rings. The van der Waals surface area contributed by atoms with E-state index >= 15 is 0 Å². The molecule has 6 heteroatoms. The Morgan fingerprint density at radius 2 is 1.74 bits per heavy atom. The quantitative estimate of drug-likeness (QED) is 0.395. The summed E-state index contributed by atoms with van der Waals surface area (Å²) < 4.78 is 6.23. The molecule has 2 heterocycles. The summed E-state index contributed by atoms with van der Waals surface area (Å²) >= 11 is 2.42. The molecule has 0 spiro atoms. The molecule has 0 unspecified atom stereocenters. The summed E-state index contributed by atoms with van der Waals surface area (Å²) in [5, 5.41) is 15.6. The van der Waals surface area contributed by atoms with E-state index in [0.29, 0.717) is 0 Å². The van der Waals surface area contributed by atoms with Gasteiger partial charge in [-0.3, -0.25) is 0 Å². The molecule has 1 fully saturated rings. The second-order valence-corrected chi connectivity index (χ2v) is 8.04. The molecule has 0 N–H and O–H groups in total. The van der Waals surface area contributed by atoms with Crippen LogP contribution in [0.15, 0.2) is 59.2 Å². The fraction of sp³-hybridized carbons (Fsp3) is 0.238. The Bertz CT molecular complexity index is 1110. The molecular formula is C21H19IN4O. The van der Waals surface area contributed by atoms with Crippen LogP contribution in [0.25, 0.3) is 21.8 Å². The standard InChI is InChI=1S/C21H19IN4O/c22-18-10-11-20(17-8-2-1-7-16(17)18)26-13-4-3-12-25(26)14-15-6-5-9-19-21(15)24-27-23-19/h1-2,5-11H,3-4,12-14H2. The third-order valence-corrected chi connectivity index (χ3v) is 6.17. The third kappa shape index (κ3) is 3.06. The zero-order valence-electron chi connectivity index (χ0n) is 14.8. The van der Waals surface area contributed by atoms with Crippen LogP contribution >= 0.6 is 22.6 Å². The number of hydrazine groups is 1. The number of hydrogen-bond donors (Lipinski definition) is 0. The van der Waals surface area contributed by atoms with Gasteiger partial charge in [-0.2, -0.15) is 0 Å². The van der Waals surface area contributed by atoms with Gasteiger partial charge in [0.05, 0.1) is 5.69 Å². The highest BCUT2D eigenvalue weighted by Crippen LogP contribution is 2.33.